The molecule has 1 heterocycles. The zero-order valence-corrected chi connectivity index (χ0v) is 17.6. The number of nitrogens with one attached hydrogen (secondary N) is 1. The number of hydrogen-bond donors (Lipinski definition) is 2. The molecule has 2 N–H and O–H groups in total. The largest absolute Gasteiger partial charge is 0.573 e. The molecule has 30 heavy (non-hydrogen) atoms. The molecule has 2 aliphatic rings. The van der Waals surface area contributed by atoms with Crippen LogP contribution in [-0.2, 0) is 14.3 Å². The molecular weight excluding hydrogens is 421 g/mol. The number of piperidine rings is 1. The number of hydrogen-bond acceptors (Lipinski definition) is 4. The zero-order valence-electron chi connectivity index (χ0n) is 16.8. The van der Waals surface area contributed by atoms with Crippen LogP contribution in [0.4, 0.5) is 13.2 Å². The second kappa shape index (κ2) is 8.41. The topological polar surface area (TPSA) is 78.9 Å². The van der Waals surface area contributed by atoms with Gasteiger partial charge in [-0.2, -0.15) is 4.21 Å². The van der Waals surface area contributed by atoms with Crippen molar-refractivity contribution in [2.45, 2.75) is 36.9 Å². The minimum absolute atomic E-state index is 0.00212. The maximum Gasteiger partial charge on any atom is 0.573 e. The number of ether oxygens (including phenoxy) is 1. The minimum Gasteiger partial charge on any atom is -0.406 e. The van der Waals surface area contributed by atoms with Crippen LogP contribution in [0.15, 0.2) is 40.3 Å². The van der Waals surface area contributed by atoms with E-state index in [4.69, 9.17) is 0 Å². The van der Waals surface area contributed by atoms with Crippen molar-refractivity contribution >= 4 is 15.8 Å². The minimum atomic E-state index is -4.83. The number of rotatable bonds is 8. The summed E-state index contributed by atoms with van der Waals surface area (Å²) in [4.78, 5) is 11.6. The van der Waals surface area contributed by atoms with Gasteiger partial charge in [0.2, 0.25) is 0 Å². The highest BCUT2D eigenvalue weighted by Crippen LogP contribution is 2.38. The summed E-state index contributed by atoms with van der Waals surface area (Å²) in [6, 6.07) is 4.39. The summed E-state index contributed by atoms with van der Waals surface area (Å²) in [7, 11) is -4.52. The van der Waals surface area contributed by atoms with Gasteiger partial charge in [0.05, 0.1) is 4.90 Å². The van der Waals surface area contributed by atoms with E-state index >= 15 is 0 Å². The molecule has 2 fully saturated rings. The van der Waals surface area contributed by atoms with Gasteiger partial charge in [-0.1, -0.05) is 0 Å². The molecule has 1 saturated carbocycles. The average molecular weight is 449 g/mol. The first kappa shape index (κ1) is 22.9. The zero-order chi connectivity index (χ0) is 22.0. The SMILES string of the molecule is CS(=O)(O)(c1ccc(OC(F)(F)F)cc1)N1CCC/C(=C(/C=O)CNCC2CC2)C1. The van der Waals surface area contributed by atoms with Gasteiger partial charge in [-0.3, -0.25) is 9.35 Å². The lowest BCUT2D eigenvalue weighted by molar-refractivity contribution is -0.274. The Bertz CT molecular complexity index is 873. The molecule has 0 radical (unpaired) electrons. The van der Waals surface area contributed by atoms with Crippen molar-refractivity contribution in [1.82, 2.24) is 9.62 Å². The van der Waals surface area contributed by atoms with Gasteiger partial charge >= 0.3 is 6.36 Å². The van der Waals surface area contributed by atoms with Gasteiger partial charge in [0.15, 0.2) is 0 Å². The van der Waals surface area contributed by atoms with Crippen LogP contribution in [0, 0.1) is 5.92 Å². The number of halogens is 3. The molecule has 0 atom stereocenters. The Morgan fingerprint density at radius 2 is 2.00 bits per heavy atom. The summed E-state index contributed by atoms with van der Waals surface area (Å²) in [6.45, 7) is 1.77. The molecule has 6 nitrogen and oxygen atoms in total. The quantitative estimate of drug-likeness (QED) is 0.471. The summed E-state index contributed by atoms with van der Waals surface area (Å²) in [5.74, 6) is 0.213. The first-order valence-corrected chi connectivity index (χ1v) is 12.1. The molecule has 10 heteroatoms. The summed E-state index contributed by atoms with van der Waals surface area (Å²) in [5, 5.41) is 3.27. The molecule has 1 aliphatic carbocycles. The summed E-state index contributed by atoms with van der Waals surface area (Å²) in [6.07, 6.45) is 0.817. The van der Waals surface area contributed by atoms with E-state index in [0.29, 0.717) is 37.4 Å². The van der Waals surface area contributed by atoms with Crippen LogP contribution < -0.4 is 10.1 Å². The van der Waals surface area contributed by atoms with Crippen LogP contribution in [0.3, 0.4) is 0 Å². The number of aldehydes is 1. The molecule has 1 aromatic carbocycles. The van der Waals surface area contributed by atoms with Crippen LogP contribution in [0.1, 0.15) is 25.7 Å². The lowest BCUT2D eigenvalue weighted by Gasteiger charge is -2.50. The van der Waals surface area contributed by atoms with E-state index in [-0.39, 0.29) is 11.4 Å². The van der Waals surface area contributed by atoms with Gasteiger partial charge in [0, 0.05) is 31.5 Å². The third-order valence-corrected chi connectivity index (χ3v) is 8.39. The lowest BCUT2D eigenvalue weighted by Crippen LogP contribution is -2.52. The summed E-state index contributed by atoms with van der Waals surface area (Å²) < 4.78 is 67.0. The number of carbonyl (C=O) groups is 1. The van der Waals surface area contributed by atoms with Crippen molar-refractivity contribution in [3.63, 3.8) is 0 Å². The Kier molecular flexibility index (Phi) is 6.43. The van der Waals surface area contributed by atoms with Crippen molar-refractivity contribution in [3.8, 4) is 5.75 Å². The predicted molar refractivity (Wildman–Crippen MR) is 108 cm³/mol. The maximum absolute atomic E-state index is 13.6. The van der Waals surface area contributed by atoms with Gasteiger partial charge in [-0.25, -0.2) is 4.31 Å². The fraction of sp³-hybridized carbons (Fsp3) is 0.550. The van der Waals surface area contributed by atoms with Crippen LogP contribution in [-0.4, -0.2) is 58.2 Å². The van der Waals surface area contributed by atoms with E-state index < -0.39 is 21.6 Å². The van der Waals surface area contributed by atoms with E-state index in [1.165, 1.54) is 35.5 Å². The third-order valence-electron chi connectivity index (χ3n) is 5.50. The fourth-order valence-corrected chi connectivity index (χ4v) is 5.64. The van der Waals surface area contributed by atoms with Gasteiger partial charge < -0.3 is 10.1 Å². The van der Waals surface area contributed by atoms with Crippen molar-refractivity contribution in [1.29, 1.82) is 0 Å². The highest BCUT2D eigenvalue weighted by molar-refractivity contribution is 8.12. The molecule has 3 rings (SSSR count). The molecule has 1 aromatic rings. The van der Waals surface area contributed by atoms with Crippen molar-refractivity contribution < 1.29 is 31.5 Å². The molecule has 168 valence electrons. The fourth-order valence-electron chi connectivity index (χ4n) is 3.56. The van der Waals surface area contributed by atoms with Gasteiger partial charge in [-0.15, -0.1) is 22.7 Å². The maximum atomic E-state index is 13.6. The smallest absolute Gasteiger partial charge is 0.406 e. The second-order valence-electron chi connectivity index (χ2n) is 8.04. The van der Waals surface area contributed by atoms with Crippen molar-refractivity contribution in [3.05, 3.63) is 35.4 Å². The monoisotopic (exact) mass is 448 g/mol. The number of carbonyl (C=O) groups excluding carboxylic acids is 1. The summed E-state index contributed by atoms with van der Waals surface area (Å²) >= 11 is 0. The van der Waals surface area contributed by atoms with Crippen LogP contribution >= 0.6 is 0 Å². The van der Waals surface area contributed by atoms with E-state index in [1.807, 2.05) is 0 Å². The molecule has 1 aliphatic heterocycles. The lowest BCUT2D eigenvalue weighted by atomic mass is 10.0. The molecule has 0 bridgehead atoms. The van der Waals surface area contributed by atoms with Gasteiger partial charge in [0.25, 0.3) is 0 Å². The Labute approximate surface area is 173 Å². The Balaban J connectivity index is 1.76. The van der Waals surface area contributed by atoms with Gasteiger partial charge in [-0.05, 0) is 68.0 Å². The molecular formula is C20H27F3N2O4S. The predicted octanol–water partition coefficient (Wildman–Crippen LogP) is 3.37. The molecule has 0 unspecified atom stereocenters. The highest BCUT2D eigenvalue weighted by atomic mass is 32.3. The van der Waals surface area contributed by atoms with Crippen molar-refractivity contribution in [2.75, 3.05) is 32.4 Å². The third kappa shape index (κ3) is 5.69. The Hall–Kier alpha value is -1.75. The van der Waals surface area contributed by atoms with Crippen molar-refractivity contribution in [2.24, 2.45) is 5.92 Å². The average Bonchev–Trinajstić information content (AvgIpc) is 3.49. The second-order valence-corrected chi connectivity index (χ2v) is 11.5. The standard InChI is InChI=1S/C20H27F3N2O4S/c1-30(27,28,19-8-6-18(7-9-19)29-20(21,22)23)25-10-2-3-16(13-25)17(14-26)12-24-11-15-4-5-15/h6-9,14-15,24H,2-5,10-13H2,1H3,(H,27,28)/b17-16-. The Morgan fingerprint density at radius 3 is 2.57 bits per heavy atom. The van der Waals surface area contributed by atoms with Crippen LogP contribution in [0.25, 0.3) is 0 Å². The molecule has 0 spiro atoms. The first-order valence-electron chi connectivity index (χ1n) is 9.84. The molecule has 0 aromatic heterocycles. The number of benzene rings is 1. The van der Waals surface area contributed by atoms with Crippen LogP contribution in [0.5, 0.6) is 5.75 Å². The number of alkyl halides is 3. The van der Waals surface area contributed by atoms with Crippen LogP contribution in [0.2, 0.25) is 0 Å². The highest BCUT2D eigenvalue weighted by Gasteiger charge is 2.36. The number of nitrogens with zero attached hydrogens (tertiary/aromatic N) is 1. The van der Waals surface area contributed by atoms with E-state index in [2.05, 4.69) is 10.1 Å². The first-order chi connectivity index (χ1) is 14.0. The summed E-state index contributed by atoms with van der Waals surface area (Å²) in [5.41, 5.74) is 1.41. The van der Waals surface area contributed by atoms with E-state index in [9.17, 15) is 26.7 Å². The molecule has 1 saturated heterocycles. The molecule has 0 amide bonds. The van der Waals surface area contributed by atoms with Gasteiger partial charge in [0.1, 0.15) is 12.0 Å². The van der Waals surface area contributed by atoms with E-state index in [1.54, 1.807) is 0 Å². The normalized spacial score (nSPS) is 21.6. The van der Waals surface area contributed by atoms with E-state index in [0.717, 1.165) is 30.5 Å². The Morgan fingerprint density at radius 1 is 1.33 bits per heavy atom.